The summed E-state index contributed by atoms with van der Waals surface area (Å²) in [5.74, 6) is 1.80. The van der Waals surface area contributed by atoms with E-state index in [0.29, 0.717) is 5.92 Å². The largest absolute Gasteiger partial charge is 0.496 e. The third kappa shape index (κ3) is 3.43. The topological polar surface area (TPSA) is 24.9 Å². The van der Waals surface area contributed by atoms with Gasteiger partial charge in [-0.3, -0.25) is 9.80 Å². The van der Waals surface area contributed by atoms with Crippen LogP contribution in [-0.4, -0.2) is 68.9 Å². The summed E-state index contributed by atoms with van der Waals surface area (Å²) in [6, 6.07) is 7.34. The van der Waals surface area contributed by atoms with Crippen molar-refractivity contribution >= 4 is 12.4 Å². The monoisotopic (exact) mass is 352 g/mol. The van der Waals surface area contributed by atoms with Crippen LogP contribution in [0.5, 0.6) is 5.75 Å². The fraction of sp³-hybridized carbons (Fsp3) is 0.684. The Hall–Kier alpha value is -0.810. The van der Waals surface area contributed by atoms with Crippen LogP contribution in [0.25, 0.3) is 0 Å². The number of halogens is 1. The molecule has 0 saturated carbocycles. The number of hydrogen-bond acceptors (Lipinski definition) is 4. The second-order valence-electron chi connectivity index (χ2n) is 7.02. The third-order valence-corrected chi connectivity index (χ3v) is 5.95. The first-order chi connectivity index (χ1) is 11.4. The normalized spacial score (nSPS) is 27.2. The van der Waals surface area contributed by atoms with Crippen molar-refractivity contribution in [3.05, 3.63) is 29.3 Å². The van der Waals surface area contributed by atoms with Gasteiger partial charge in [-0.25, -0.2) is 0 Å². The molecule has 0 radical (unpaired) electrons. The summed E-state index contributed by atoms with van der Waals surface area (Å²) in [5.41, 5.74) is 3.01. The Kier molecular flexibility index (Phi) is 6.03. The molecule has 1 aliphatic carbocycles. The van der Waals surface area contributed by atoms with Crippen molar-refractivity contribution in [2.75, 3.05) is 53.0 Å². The standard InChI is InChI=1S/C19H28N2O2.ClH/c1-22-19-4-2-3-15-16-7-8-21(18(16)6-5-17(15)19)10-9-20-11-13-23-14-12-20;/h2-4,16,18H,5-14H2,1H3;1H. The summed E-state index contributed by atoms with van der Waals surface area (Å²) in [6.07, 6.45) is 3.74. The molecule has 2 unspecified atom stereocenters. The Balaban J connectivity index is 0.00000169. The summed E-state index contributed by atoms with van der Waals surface area (Å²) >= 11 is 0. The van der Waals surface area contributed by atoms with E-state index in [1.54, 1.807) is 12.7 Å². The van der Waals surface area contributed by atoms with E-state index in [-0.39, 0.29) is 12.4 Å². The van der Waals surface area contributed by atoms with Crippen LogP contribution in [0.2, 0.25) is 0 Å². The number of hydrogen-bond donors (Lipinski definition) is 0. The van der Waals surface area contributed by atoms with Crippen LogP contribution in [0.15, 0.2) is 18.2 Å². The van der Waals surface area contributed by atoms with Crippen LogP contribution in [0.4, 0.5) is 0 Å². The molecule has 1 aromatic rings. The number of fused-ring (bicyclic) bond motifs is 3. The molecule has 2 fully saturated rings. The van der Waals surface area contributed by atoms with Gasteiger partial charge in [0.05, 0.1) is 20.3 Å². The van der Waals surface area contributed by atoms with Crippen LogP contribution in [0, 0.1) is 0 Å². The lowest BCUT2D eigenvalue weighted by molar-refractivity contribution is 0.0322. The van der Waals surface area contributed by atoms with E-state index in [0.717, 1.165) is 44.5 Å². The molecule has 5 heteroatoms. The Morgan fingerprint density at radius 3 is 2.75 bits per heavy atom. The highest BCUT2D eigenvalue weighted by Gasteiger charge is 2.39. The van der Waals surface area contributed by atoms with Crippen molar-refractivity contribution in [3.8, 4) is 5.75 Å². The van der Waals surface area contributed by atoms with Gasteiger partial charge in [-0.2, -0.15) is 0 Å². The molecule has 0 bridgehead atoms. The van der Waals surface area contributed by atoms with Gasteiger partial charge in [0.15, 0.2) is 0 Å². The first kappa shape index (κ1) is 18.0. The van der Waals surface area contributed by atoms with E-state index < -0.39 is 0 Å². The molecule has 2 atom stereocenters. The molecule has 3 aliphatic rings. The Morgan fingerprint density at radius 2 is 1.96 bits per heavy atom. The zero-order valence-corrected chi connectivity index (χ0v) is 15.4. The second-order valence-corrected chi connectivity index (χ2v) is 7.02. The molecule has 4 rings (SSSR count). The van der Waals surface area contributed by atoms with E-state index >= 15 is 0 Å². The van der Waals surface area contributed by atoms with Crippen molar-refractivity contribution in [3.63, 3.8) is 0 Å². The van der Waals surface area contributed by atoms with Gasteiger partial charge in [0.25, 0.3) is 0 Å². The van der Waals surface area contributed by atoms with Crippen LogP contribution < -0.4 is 4.74 Å². The summed E-state index contributed by atoms with van der Waals surface area (Å²) in [6.45, 7) is 7.65. The number of methoxy groups -OCH3 is 1. The highest BCUT2D eigenvalue weighted by Crippen LogP contribution is 2.43. The summed E-state index contributed by atoms with van der Waals surface area (Å²) in [4.78, 5) is 5.29. The molecule has 134 valence electrons. The van der Waals surface area contributed by atoms with E-state index in [1.807, 2.05) is 0 Å². The number of rotatable bonds is 4. The highest BCUT2D eigenvalue weighted by molar-refractivity contribution is 5.85. The minimum absolute atomic E-state index is 0. The zero-order valence-electron chi connectivity index (χ0n) is 14.6. The van der Waals surface area contributed by atoms with E-state index in [4.69, 9.17) is 9.47 Å². The Morgan fingerprint density at radius 1 is 1.12 bits per heavy atom. The number of likely N-dealkylation sites (tertiary alicyclic amines) is 1. The zero-order chi connectivity index (χ0) is 15.6. The molecule has 0 N–H and O–H groups in total. The van der Waals surface area contributed by atoms with Crippen LogP contribution in [-0.2, 0) is 11.2 Å². The minimum Gasteiger partial charge on any atom is -0.496 e. The molecule has 24 heavy (non-hydrogen) atoms. The predicted molar refractivity (Wildman–Crippen MR) is 98.5 cm³/mol. The van der Waals surface area contributed by atoms with Crippen molar-refractivity contribution in [2.24, 2.45) is 0 Å². The molecule has 1 aromatic carbocycles. The van der Waals surface area contributed by atoms with Crippen LogP contribution in [0.3, 0.4) is 0 Å². The number of nitrogens with zero attached hydrogens (tertiary/aromatic N) is 2. The number of morpholine rings is 1. The molecular weight excluding hydrogens is 324 g/mol. The first-order valence-corrected chi connectivity index (χ1v) is 9.07. The maximum absolute atomic E-state index is 5.58. The second kappa shape index (κ2) is 8.05. The maximum Gasteiger partial charge on any atom is 0.122 e. The molecule has 2 aliphatic heterocycles. The van der Waals surface area contributed by atoms with Crippen LogP contribution >= 0.6 is 12.4 Å². The predicted octanol–water partition coefficient (Wildman–Crippen LogP) is 2.55. The fourth-order valence-corrected chi connectivity index (χ4v) is 4.72. The lowest BCUT2D eigenvalue weighted by Gasteiger charge is -2.35. The Bertz CT molecular complexity index is 548. The van der Waals surface area contributed by atoms with Gasteiger partial charge in [0.1, 0.15) is 5.75 Å². The van der Waals surface area contributed by atoms with Crippen LogP contribution in [0.1, 0.15) is 29.9 Å². The van der Waals surface area contributed by atoms with Crippen molar-refractivity contribution < 1.29 is 9.47 Å². The van der Waals surface area contributed by atoms with Gasteiger partial charge in [0.2, 0.25) is 0 Å². The van der Waals surface area contributed by atoms with Crippen molar-refractivity contribution in [1.29, 1.82) is 0 Å². The molecule has 0 spiro atoms. The van der Waals surface area contributed by atoms with E-state index in [2.05, 4.69) is 28.0 Å². The number of benzene rings is 1. The average Bonchev–Trinajstić information content (AvgIpc) is 3.04. The van der Waals surface area contributed by atoms with Gasteiger partial charge in [0, 0.05) is 38.1 Å². The minimum atomic E-state index is 0. The van der Waals surface area contributed by atoms with Gasteiger partial charge in [-0.05, 0) is 43.0 Å². The van der Waals surface area contributed by atoms with Crippen molar-refractivity contribution in [2.45, 2.75) is 31.2 Å². The quantitative estimate of drug-likeness (QED) is 0.831. The molecule has 2 heterocycles. The summed E-state index contributed by atoms with van der Waals surface area (Å²) in [5, 5.41) is 0. The Labute approximate surface area is 151 Å². The molecule has 0 aromatic heterocycles. The van der Waals surface area contributed by atoms with Gasteiger partial charge >= 0.3 is 0 Å². The van der Waals surface area contributed by atoms with Crippen molar-refractivity contribution in [1.82, 2.24) is 9.80 Å². The lowest BCUT2D eigenvalue weighted by Crippen LogP contribution is -2.43. The molecule has 0 amide bonds. The van der Waals surface area contributed by atoms with Gasteiger partial charge in [-0.15, -0.1) is 12.4 Å². The first-order valence-electron chi connectivity index (χ1n) is 9.07. The molecular formula is C19H29ClN2O2. The van der Waals surface area contributed by atoms with Gasteiger partial charge < -0.3 is 9.47 Å². The fourth-order valence-electron chi connectivity index (χ4n) is 4.72. The lowest BCUT2D eigenvalue weighted by atomic mass is 9.79. The van der Waals surface area contributed by atoms with E-state index in [1.165, 1.54) is 38.0 Å². The highest BCUT2D eigenvalue weighted by atomic mass is 35.5. The maximum atomic E-state index is 5.58. The smallest absolute Gasteiger partial charge is 0.122 e. The number of ether oxygens (including phenoxy) is 2. The average molecular weight is 353 g/mol. The molecule has 2 saturated heterocycles. The summed E-state index contributed by atoms with van der Waals surface area (Å²) < 4.78 is 11.0. The SMILES string of the molecule is COc1cccc2c1CCC1C2CCN1CCN1CCOCC1.Cl. The van der Waals surface area contributed by atoms with E-state index in [9.17, 15) is 0 Å². The third-order valence-electron chi connectivity index (χ3n) is 5.95. The van der Waals surface area contributed by atoms with Gasteiger partial charge in [-0.1, -0.05) is 12.1 Å². The molecule has 4 nitrogen and oxygen atoms in total. The summed E-state index contributed by atoms with van der Waals surface area (Å²) in [7, 11) is 1.80.